The molecule has 2 N–H and O–H groups in total. The maximum atomic E-state index is 11.3. The summed E-state index contributed by atoms with van der Waals surface area (Å²) in [6.45, 7) is 0. The summed E-state index contributed by atoms with van der Waals surface area (Å²) in [6, 6.07) is 0. The van der Waals surface area contributed by atoms with Gasteiger partial charge in [-0.15, -0.1) is 0 Å². The molecule has 0 unspecified atom stereocenters. The van der Waals surface area contributed by atoms with Gasteiger partial charge >= 0.3 is 16.9 Å². The standard InChI is InChI=1S/C2Cl2F4.CH2O3/c3-1(4,5)2(6,7)8;2-1(3)4/h;(H2,2,3,4). The van der Waals surface area contributed by atoms with Crippen LogP contribution < -0.4 is 0 Å². The van der Waals surface area contributed by atoms with Gasteiger partial charge in [0.2, 0.25) is 0 Å². The van der Waals surface area contributed by atoms with Gasteiger partial charge in [0.05, 0.1) is 0 Å². The van der Waals surface area contributed by atoms with E-state index in [0.29, 0.717) is 0 Å². The Morgan fingerprint density at radius 2 is 1.17 bits per heavy atom. The minimum atomic E-state index is -5.20. The summed E-state index contributed by atoms with van der Waals surface area (Å²) >= 11 is 7.97. The quantitative estimate of drug-likeness (QED) is 0.499. The molecular formula is C3H2Cl2F4O3. The summed E-state index contributed by atoms with van der Waals surface area (Å²) in [6.07, 6.45) is -7.03. The van der Waals surface area contributed by atoms with Gasteiger partial charge in [0.25, 0.3) is 0 Å². The van der Waals surface area contributed by atoms with Crippen molar-refractivity contribution in [1.82, 2.24) is 0 Å². The number of rotatable bonds is 0. The van der Waals surface area contributed by atoms with E-state index < -0.39 is 16.9 Å². The third kappa shape index (κ3) is 9.57. The molecule has 0 aromatic rings. The van der Waals surface area contributed by atoms with Gasteiger partial charge < -0.3 is 10.2 Å². The number of hydrogen-bond acceptors (Lipinski definition) is 1. The molecule has 0 spiro atoms. The Morgan fingerprint density at radius 3 is 1.17 bits per heavy atom. The number of carboxylic acid groups (broad SMARTS) is 2. The summed E-state index contributed by atoms with van der Waals surface area (Å²) in [7, 11) is 0. The summed E-state index contributed by atoms with van der Waals surface area (Å²) in [5.41, 5.74) is 0. The number of carbonyl (C=O) groups is 1. The van der Waals surface area contributed by atoms with E-state index in [1.807, 2.05) is 0 Å². The third-order valence-corrected chi connectivity index (χ3v) is 0.750. The third-order valence-electron chi connectivity index (χ3n) is 0.321. The maximum Gasteiger partial charge on any atom is 0.503 e. The molecule has 0 aromatic heterocycles. The Bertz CT molecular complexity index is 135. The van der Waals surface area contributed by atoms with Crippen LogP contribution in [0.1, 0.15) is 0 Å². The largest absolute Gasteiger partial charge is 0.503 e. The molecule has 0 aliphatic rings. The van der Waals surface area contributed by atoms with Crippen LogP contribution in [0.5, 0.6) is 0 Å². The van der Waals surface area contributed by atoms with Gasteiger partial charge in [0.1, 0.15) is 0 Å². The van der Waals surface area contributed by atoms with E-state index in [0.717, 1.165) is 0 Å². The monoisotopic (exact) mass is 232 g/mol. The Hall–Kier alpha value is -0.430. The molecule has 0 amide bonds. The predicted molar refractivity (Wildman–Crippen MR) is 32.3 cm³/mol. The lowest BCUT2D eigenvalue weighted by molar-refractivity contribution is -0.170. The molecule has 0 saturated heterocycles. The topological polar surface area (TPSA) is 57.5 Å². The highest BCUT2D eigenvalue weighted by molar-refractivity contribution is 6.47. The fourth-order valence-corrected chi connectivity index (χ4v) is 0. The van der Waals surface area contributed by atoms with Gasteiger partial charge in [-0.2, -0.15) is 17.6 Å². The first-order valence-corrected chi connectivity index (χ1v) is 2.79. The average Bonchev–Trinajstić information content (AvgIpc) is 1.55. The Labute approximate surface area is 73.5 Å². The average molecular weight is 233 g/mol. The fraction of sp³-hybridized carbons (Fsp3) is 0.667. The van der Waals surface area contributed by atoms with E-state index in [1.54, 1.807) is 0 Å². The second-order valence-corrected chi connectivity index (χ2v) is 2.51. The van der Waals surface area contributed by atoms with Crippen molar-refractivity contribution in [2.24, 2.45) is 0 Å². The van der Waals surface area contributed by atoms with Gasteiger partial charge in [-0.05, 0) is 0 Å². The summed E-state index contributed by atoms with van der Waals surface area (Å²) in [5, 5.41) is 13.9. The summed E-state index contributed by atoms with van der Waals surface area (Å²) in [4.78, 5) is 8.56. The minimum absolute atomic E-state index is 1.83. The zero-order chi connectivity index (χ0) is 10.6. The van der Waals surface area contributed by atoms with Crippen LogP contribution in [0.3, 0.4) is 0 Å². The van der Waals surface area contributed by atoms with Gasteiger partial charge in [-0.25, -0.2) is 4.79 Å². The van der Waals surface area contributed by atoms with Crippen LogP contribution in [-0.4, -0.2) is 27.1 Å². The Balaban J connectivity index is 0. The van der Waals surface area contributed by atoms with Gasteiger partial charge in [0, 0.05) is 0 Å². The lowest BCUT2D eigenvalue weighted by Crippen LogP contribution is -2.28. The van der Waals surface area contributed by atoms with Crippen LogP contribution in [0.25, 0.3) is 0 Å². The highest BCUT2D eigenvalue weighted by Gasteiger charge is 2.53. The summed E-state index contributed by atoms with van der Waals surface area (Å²) < 4.78 is 40.0. The smallest absolute Gasteiger partial charge is 0.450 e. The molecule has 0 aliphatic heterocycles. The molecular weight excluding hydrogens is 231 g/mol. The molecule has 74 valence electrons. The van der Waals surface area contributed by atoms with Crippen molar-refractivity contribution in [3.8, 4) is 0 Å². The highest BCUT2D eigenvalue weighted by Crippen LogP contribution is 2.40. The van der Waals surface area contributed by atoms with Crippen LogP contribution in [0.15, 0.2) is 0 Å². The van der Waals surface area contributed by atoms with Crippen LogP contribution in [0, 0.1) is 0 Å². The predicted octanol–water partition coefficient (Wildman–Crippen LogP) is 2.87. The first-order valence-electron chi connectivity index (χ1n) is 2.04. The molecule has 0 radical (unpaired) electrons. The van der Waals surface area contributed by atoms with Crippen molar-refractivity contribution >= 4 is 29.4 Å². The van der Waals surface area contributed by atoms with E-state index >= 15 is 0 Å². The van der Waals surface area contributed by atoms with Crippen LogP contribution >= 0.6 is 23.2 Å². The maximum absolute atomic E-state index is 11.3. The van der Waals surface area contributed by atoms with Gasteiger partial charge in [0.15, 0.2) is 0 Å². The second kappa shape index (κ2) is 4.56. The summed E-state index contributed by atoms with van der Waals surface area (Å²) in [5.74, 6) is 0. The van der Waals surface area contributed by atoms with E-state index in [2.05, 4.69) is 23.2 Å². The fourth-order valence-electron chi connectivity index (χ4n) is 0. The Kier molecular flexibility index (Phi) is 5.36. The first-order chi connectivity index (χ1) is 4.98. The number of hydrogen-bond donors (Lipinski definition) is 2. The van der Waals surface area contributed by atoms with Crippen molar-refractivity contribution in [2.75, 3.05) is 0 Å². The van der Waals surface area contributed by atoms with E-state index in [4.69, 9.17) is 15.0 Å². The molecule has 3 nitrogen and oxygen atoms in total. The van der Waals surface area contributed by atoms with Crippen LogP contribution in [-0.2, 0) is 0 Å². The van der Waals surface area contributed by atoms with Crippen LogP contribution in [0.4, 0.5) is 22.4 Å². The van der Waals surface area contributed by atoms with E-state index in [-0.39, 0.29) is 0 Å². The lowest BCUT2D eigenvalue weighted by Gasteiger charge is -2.11. The molecule has 0 heterocycles. The zero-order valence-corrected chi connectivity index (χ0v) is 6.58. The molecule has 0 fully saturated rings. The molecule has 0 aliphatic carbocycles. The van der Waals surface area contributed by atoms with Crippen molar-refractivity contribution in [2.45, 2.75) is 10.8 Å². The molecule has 0 aromatic carbocycles. The van der Waals surface area contributed by atoms with Crippen molar-refractivity contribution < 1.29 is 32.6 Å². The van der Waals surface area contributed by atoms with Crippen LogP contribution in [0.2, 0.25) is 0 Å². The molecule has 0 bridgehead atoms. The molecule has 0 rings (SSSR count). The lowest BCUT2D eigenvalue weighted by atomic mass is 10.7. The Morgan fingerprint density at radius 1 is 1.08 bits per heavy atom. The normalized spacial score (nSPS) is 11.5. The molecule has 9 heteroatoms. The van der Waals surface area contributed by atoms with Crippen molar-refractivity contribution in [3.05, 3.63) is 0 Å². The molecule has 12 heavy (non-hydrogen) atoms. The minimum Gasteiger partial charge on any atom is -0.450 e. The zero-order valence-electron chi connectivity index (χ0n) is 5.07. The number of halogens is 6. The van der Waals surface area contributed by atoms with E-state index in [1.165, 1.54) is 0 Å². The van der Waals surface area contributed by atoms with E-state index in [9.17, 15) is 17.6 Å². The van der Waals surface area contributed by atoms with Gasteiger partial charge in [-0.3, -0.25) is 0 Å². The molecule has 0 saturated carbocycles. The van der Waals surface area contributed by atoms with Gasteiger partial charge in [-0.1, -0.05) is 23.2 Å². The number of alkyl halides is 6. The van der Waals surface area contributed by atoms with Crippen molar-refractivity contribution in [3.63, 3.8) is 0 Å². The SMILES string of the molecule is FC(F)(F)C(F)(Cl)Cl.O=C(O)O. The molecule has 0 atom stereocenters. The first kappa shape index (κ1) is 14.1. The van der Waals surface area contributed by atoms with Crippen molar-refractivity contribution in [1.29, 1.82) is 0 Å². The second-order valence-electron chi connectivity index (χ2n) is 1.28. The highest BCUT2D eigenvalue weighted by atomic mass is 35.5.